The highest BCUT2D eigenvalue weighted by Gasteiger charge is 2.19. The third kappa shape index (κ3) is 2.46. The van der Waals surface area contributed by atoms with Gasteiger partial charge in [-0.1, -0.05) is 37.6 Å². The van der Waals surface area contributed by atoms with E-state index < -0.39 is 12.2 Å². The highest BCUT2D eigenvalue weighted by Crippen LogP contribution is 2.26. The Bertz CT molecular complexity index is 493. The summed E-state index contributed by atoms with van der Waals surface area (Å²) in [5, 5.41) is 21.0. The number of benzene rings is 1. The zero-order valence-corrected chi connectivity index (χ0v) is 9.87. The number of nitrogens with zero attached hydrogens (tertiary/aromatic N) is 1. The first-order valence-electron chi connectivity index (χ1n) is 5.93. The van der Waals surface area contributed by atoms with E-state index in [4.69, 9.17) is 0 Å². The Morgan fingerprint density at radius 2 is 1.94 bits per heavy atom. The second-order valence-corrected chi connectivity index (χ2v) is 4.22. The second-order valence-electron chi connectivity index (χ2n) is 4.22. The molecule has 0 aliphatic carbocycles. The molecule has 0 spiro atoms. The average molecular weight is 231 g/mol. The van der Waals surface area contributed by atoms with E-state index in [0.29, 0.717) is 12.0 Å². The third-order valence-corrected chi connectivity index (χ3v) is 2.93. The molecule has 3 heteroatoms. The predicted molar refractivity (Wildman–Crippen MR) is 67.6 cm³/mol. The quantitative estimate of drug-likeness (QED) is 0.849. The Labute approximate surface area is 101 Å². The standard InChI is InChI=1S/C14H17NO2/c1-2-5-12(16)14(17)11-8-3-6-10-7-4-9-15-13(10)11/h3-4,6-9,12,14,16-17H,2,5H2,1H3. The summed E-state index contributed by atoms with van der Waals surface area (Å²) in [6.07, 6.45) is 1.53. The summed E-state index contributed by atoms with van der Waals surface area (Å²) in [7, 11) is 0. The van der Waals surface area contributed by atoms with Crippen molar-refractivity contribution in [3.05, 3.63) is 42.1 Å². The summed E-state index contributed by atoms with van der Waals surface area (Å²) < 4.78 is 0. The molecule has 0 aliphatic rings. The molecule has 90 valence electrons. The molecule has 2 N–H and O–H groups in total. The summed E-state index contributed by atoms with van der Waals surface area (Å²) in [4.78, 5) is 4.27. The van der Waals surface area contributed by atoms with Gasteiger partial charge >= 0.3 is 0 Å². The summed E-state index contributed by atoms with van der Waals surface area (Å²) in [6, 6.07) is 9.45. The van der Waals surface area contributed by atoms with Crippen molar-refractivity contribution >= 4 is 10.9 Å². The zero-order chi connectivity index (χ0) is 12.3. The van der Waals surface area contributed by atoms with Gasteiger partial charge in [0.15, 0.2) is 0 Å². The summed E-state index contributed by atoms with van der Waals surface area (Å²) >= 11 is 0. The van der Waals surface area contributed by atoms with Crippen molar-refractivity contribution in [2.75, 3.05) is 0 Å². The van der Waals surface area contributed by atoms with Crippen LogP contribution in [0, 0.1) is 0 Å². The number of aliphatic hydroxyl groups excluding tert-OH is 2. The fourth-order valence-corrected chi connectivity index (χ4v) is 2.03. The largest absolute Gasteiger partial charge is 0.390 e. The van der Waals surface area contributed by atoms with Crippen LogP contribution in [0.25, 0.3) is 10.9 Å². The normalized spacial score (nSPS) is 14.8. The van der Waals surface area contributed by atoms with E-state index in [2.05, 4.69) is 4.98 Å². The minimum atomic E-state index is -0.867. The van der Waals surface area contributed by atoms with Crippen LogP contribution in [0.3, 0.4) is 0 Å². The topological polar surface area (TPSA) is 53.4 Å². The Morgan fingerprint density at radius 1 is 1.18 bits per heavy atom. The lowest BCUT2D eigenvalue weighted by Crippen LogP contribution is -2.18. The average Bonchev–Trinajstić information content (AvgIpc) is 2.37. The number of pyridine rings is 1. The SMILES string of the molecule is CCCC(O)C(O)c1cccc2cccnc12. The van der Waals surface area contributed by atoms with Crippen LogP contribution in [0.4, 0.5) is 0 Å². The molecule has 3 nitrogen and oxygen atoms in total. The van der Waals surface area contributed by atoms with Gasteiger partial charge in [-0.15, -0.1) is 0 Å². The van der Waals surface area contributed by atoms with E-state index >= 15 is 0 Å². The smallest absolute Gasteiger partial charge is 0.107 e. The van der Waals surface area contributed by atoms with Crippen molar-refractivity contribution in [2.45, 2.75) is 32.0 Å². The van der Waals surface area contributed by atoms with Crippen LogP contribution in [-0.4, -0.2) is 21.3 Å². The number of hydrogen-bond acceptors (Lipinski definition) is 3. The molecule has 0 radical (unpaired) electrons. The maximum Gasteiger partial charge on any atom is 0.107 e. The highest BCUT2D eigenvalue weighted by molar-refractivity contribution is 5.81. The minimum Gasteiger partial charge on any atom is -0.390 e. The molecule has 1 aromatic heterocycles. The van der Waals surface area contributed by atoms with E-state index in [1.165, 1.54) is 0 Å². The minimum absolute atomic E-state index is 0.588. The van der Waals surface area contributed by atoms with Gasteiger partial charge in [-0.3, -0.25) is 4.98 Å². The van der Waals surface area contributed by atoms with E-state index in [-0.39, 0.29) is 0 Å². The maximum absolute atomic E-state index is 10.1. The molecule has 0 aliphatic heterocycles. The molecule has 1 aromatic carbocycles. The molecule has 0 saturated carbocycles. The fourth-order valence-electron chi connectivity index (χ4n) is 2.03. The first-order valence-corrected chi connectivity index (χ1v) is 5.93. The molecule has 0 fully saturated rings. The van der Waals surface area contributed by atoms with Gasteiger partial charge in [0.1, 0.15) is 6.10 Å². The molecule has 2 atom stereocenters. The molecule has 2 rings (SSSR count). The van der Waals surface area contributed by atoms with Crippen molar-refractivity contribution in [1.82, 2.24) is 4.98 Å². The maximum atomic E-state index is 10.1. The summed E-state index contributed by atoms with van der Waals surface area (Å²) in [5.41, 5.74) is 1.46. The van der Waals surface area contributed by atoms with Crippen molar-refractivity contribution in [3.63, 3.8) is 0 Å². The number of aliphatic hydroxyl groups is 2. The van der Waals surface area contributed by atoms with Gasteiger partial charge in [0.25, 0.3) is 0 Å². The zero-order valence-electron chi connectivity index (χ0n) is 9.87. The van der Waals surface area contributed by atoms with Crippen LogP contribution in [0.5, 0.6) is 0 Å². The van der Waals surface area contributed by atoms with Crippen molar-refractivity contribution < 1.29 is 10.2 Å². The lowest BCUT2D eigenvalue weighted by atomic mass is 9.98. The van der Waals surface area contributed by atoms with Gasteiger partial charge in [-0.25, -0.2) is 0 Å². The highest BCUT2D eigenvalue weighted by atomic mass is 16.3. The van der Waals surface area contributed by atoms with Gasteiger partial charge in [0, 0.05) is 17.1 Å². The predicted octanol–water partition coefficient (Wildman–Crippen LogP) is 2.43. The molecule has 0 amide bonds. The number of hydrogen-bond donors (Lipinski definition) is 2. The summed E-state index contributed by atoms with van der Waals surface area (Å²) in [6.45, 7) is 1.98. The molecule has 0 bridgehead atoms. The molecular weight excluding hydrogens is 214 g/mol. The molecular formula is C14H17NO2. The van der Waals surface area contributed by atoms with Gasteiger partial charge < -0.3 is 10.2 Å². The fraction of sp³-hybridized carbons (Fsp3) is 0.357. The van der Waals surface area contributed by atoms with Crippen LogP contribution >= 0.6 is 0 Å². The lowest BCUT2D eigenvalue weighted by Gasteiger charge is -2.18. The van der Waals surface area contributed by atoms with Crippen LogP contribution in [0.15, 0.2) is 36.5 Å². The van der Waals surface area contributed by atoms with E-state index in [1.807, 2.05) is 37.3 Å². The lowest BCUT2D eigenvalue weighted by molar-refractivity contribution is 0.0138. The Balaban J connectivity index is 2.41. The second kappa shape index (κ2) is 5.25. The number of para-hydroxylation sites is 1. The van der Waals surface area contributed by atoms with Crippen molar-refractivity contribution in [3.8, 4) is 0 Å². The van der Waals surface area contributed by atoms with Crippen molar-refractivity contribution in [2.24, 2.45) is 0 Å². The van der Waals surface area contributed by atoms with Crippen LogP contribution < -0.4 is 0 Å². The molecule has 2 aromatic rings. The third-order valence-electron chi connectivity index (χ3n) is 2.93. The van der Waals surface area contributed by atoms with Crippen molar-refractivity contribution in [1.29, 1.82) is 0 Å². The monoisotopic (exact) mass is 231 g/mol. The molecule has 1 heterocycles. The Hall–Kier alpha value is -1.45. The van der Waals surface area contributed by atoms with E-state index in [9.17, 15) is 10.2 Å². The van der Waals surface area contributed by atoms with Gasteiger partial charge in [-0.2, -0.15) is 0 Å². The van der Waals surface area contributed by atoms with Gasteiger partial charge in [0.05, 0.1) is 11.6 Å². The van der Waals surface area contributed by atoms with E-state index in [1.54, 1.807) is 6.20 Å². The molecule has 17 heavy (non-hydrogen) atoms. The van der Waals surface area contributed by atoms with Crippen LogP contribution in [-0.2, 0) is 0 Å². The molecule has 2 unspecified atom stereocenters. The van der Waals surface area contributed by atoms with Gasteiger partial charge in [0.2, 0.25) is 0 Å². The number of aromatic nitrogens is 1. The Kier molecular flexibility index (Phi) is 3.71. The van der Waals surface area contributed by atoms with Crippen LogP contribution in [0.1, 0.15) is 31.4 Å². The molecule has 0 saturated heterocycles. The first-order chi connectivity index (χ1) is 8.24. The van der Waals surface area contributed by atoms with Gasteiger partial charge in [-0.05, 0) is 12.5 Å². The Morgan fingerprint density at radius 3 is 2.71 bits per heavy atom. The van der Waals surface area contributed by atoms with E-state index in [0.717, 1.165) is 17.3 Å². The first kappa shape index (κ1) is 12.0. The summed E-state index contributed by atoms with van der Waals surface area (Å²) in [5.74, 6) is 0. The van der Waals surface area contributed by atoms with Crippen LogP contribution in [0.2, 0.25) is 0 Å². The number of rotatable bonds is 4. The number of fused-ring (bicyclic) bond motifs is 1.